The summed E-state index contributed by atoms with van der Waals surface area (Å²) in [6.07, 6.45) is -12.9. The van der Waals surface area contributed by atoms with Crippen LogP contribution in [-0.2, 0) is 28.8 Å². The van der Waals surface area contributed by atoms with Crippen molar-refractivity contribution < 1.29 is 84.9 Å². The number of aliphatic hydroxyl groups excluding tert-OH is 6. The Bertz CT molecular complexity index is 488. The van der Waals surface area contributed by atoms with E-state index in [1.54, 1.807) is 0 Å². The first-order valence-electron chi connectivity index (χ1n) is 7.12. The van der Waals surface area contributed by atoms with E-state index in [2.05, 4.69) is 0 Å². The summed E-state index contributed by atoms with van der Waals surface area (Å²) in [7, 11) is 0. The molecule has 0 rings (SSSR count). The summed E-state index contributed by atoms with van der Waals surface area (Å²) >= 11 is 0. The van der Waals surface area contributed by atoms with E-state index in [0.29, 0.717) is 0 Å². The second-order valence-electron chi connectivity index (χ2n) is 4.97. The van der Waals surface area contributed by atoms with Crippen LogP contribution in [0.2, 0.25) is 0 Å². The smallest absolute Gasteiger partial charge is 0.335 e. The average Bonchev–Trinajstić information content (AvgIpc) is 2.64. The van der Waals surface area contributed by atoms with Crippen LogP contribution in [-0.4, -0.2) is 128 Å². The van der Waals surface area contributed by atoms with E-state index in [4.69, 9.17) is 56.2 Å². The summed E-state index contributed by atoms with van der Waals surface area (Å²) in [5.74, 6) is -9.45. The first kappa shape index (κ1) is 31.5. The van der Waals surface area contributed by atoms with Crippen LogP contribution in [0.25, 0.3) is 0 Å². The number of carboxylic acids is 5. The fourth-order valence-electron chi connectivity index (χ4n) is 0.898. The number of Topliss-reactive ketones (excluding diaryl/α,β-unsaturated/α-hetero) is 1. The van der Waals surface area contributed by atoms with Crippen LogP contribution in [0.5, 0.6) is 0 Å². The number of hydrogen-bond acceptors (Lipinski definition) is 12. The van der Waals surface area contributed by atoms with Crippen LogP contribution in [0.3, 0.4) is 0 Å². The summed E-state index contributed by atoms with van der Waals surface area (Å²) in [5.41, 5.74) is 0. The normalized spacial score (nSPS) is 15.8. The van der Waals surface area contributed by atoms with Crippen molar-refractivity contribution in [3.63, 3.8) is 0 Å². The van der Waals surface area contributed by atoms with Crippen molar-refractivity contribution in [1.82, 2.24) is 0 Å². The number of carbonyl (C=O) groups is 6. The van der Waals surface area contributed by atoms with E-state index in [0.717, 1.165) is 6.92 Å². The van der Waals surface area contributed by atoms with Crippen LogP contribution < -0.4 is 0 Å². The lowest BCUT2D eigenvalue weighted by Gasteiger charge is -2.08. The molecule has 0 unspecified atom stereocenters. The van der Waals surface area contributed by atoms with Crippen molar-refractivity contribution >= 4 is 35.6 Å². The largest absolute Gasteiger partial charge is 0.479 e. The zero-order chi connectivity index (χ0) is 24.9. The topological polar surface area (TPSA) is 325 Å². The minimum atomic E-state index is -2.27. The predicted octanol–water partition coefficient (Wildman–Crippen LogP) is -5.86. The van der Waals surface area contributed by atoms with Gasteiger partial charge in [0.1, 0.15) is 6.10 Å². The lowest BCUT2D eigenvalue weighted by molar-refractivity contribution is -0.165. The van der Waals surface area contributed by atoms with Crippen LogP contribution in [0.1, 0.15) is 6.92 Å². The molecule has 0 aromatic carbocycles. The number of aliphatic hydroxyl groups is 6. The number of ketones is 1. The minimum Gasteiger partial charge on any atom is -0.479 e. The van der Waals surface area contributed by atoms with E-state index in [1.807, 2.05) is 0 Å². The molecule has 0 radical (unpaired) electrons. The van der Waals surface area contributed by atoms with Crippen LogP contribution in [0.4, 0.5) is 0 Å². The second kappa shape index (κ2) is 14.7. The molecule has 0 spiro atoms. The number of hydrogen-bond donors (Lipinski definition) is 11. The Kier molecular flexibility index (Phi) is 15.5. The van der Waals surface area contributed by atoms with E-state index >= 15 is 0 Å². The quantitative estimate of drug-likeness (QED) is 0.156. The molecule has 11 N–H and O–H groups in total. The Labute approximate surface area is 165 Å². The van der Waals surface area contributed by atoms with Crippen molar-refractivity contribution in [2.24, 2.45) is 0 Å². The SMILES string of the molecule is CC(=O)[C@H](O)[C@H](O)C(=O)O.O=C(O)[C@@H](O)[C@H](O)C(=O)O.O=C(O)[C@H](O)[C@@H](O)C(=O)O. The summed E-state index contributed by atoms with van der Waals surface area (Å²) in [5, 5.41) is 90.2. The van der Waals surface area contributed by atoms with E-state index in [1.165, 1.54) is 0 Å². The lowest BCUT2D eigenvalue weighted by atomic mass is 10.1. The van der Waals surface area contributed by atoms with Gasteiger partial charge in [0, 0.05) is 0 Å². The number of rotatable bonds is 9. The minimum absolute atomic E-state index is 0.769. The maximum atomic E-state index is 10.2. The molecule has 174 valence electrons. The van der Waals surface area contributed by atoms with Gasteiger partial charge in [-0.1, -0.05) is 0 Å². The molecule has 0 aromatic heterocycles. The average molecular weight is 448 g/mol. The number of carbonyl (C=O) groups excluding carboxylic acids is 1. The molecular weight excluding hydrogens is 428 g/mol. The third-order valence-electron chi connectivity index (χ3n) is 2.58. The first-order valence-corrected chi connectivity index (χ1v) is 7.12. The maximum absolute atomic E-state index is 10.2. The van der Waals surface area contributed by atoms with Gasteiger partial charge in [-0.3, -0.25) is 4.79 Å². The highest BCUT2D eigenvalue weighted by Crippen LogP contribution is 1.94. The van der Waals surface area contributed by atoms with Gasteiger partial charge in [-0.25, -0.2) is 24.0 Å². The number of aliphatic carboxylic acids is 5. The highest BCUT2D eigenvalue weighted by molar-refractivity contribution is 5.87. The Morgan fingerprint density at radius 1 is 0.400 bits per heavy atom. The van der Waals surface area contributed by atoms with Gasteiger partial charge in [0.2, 0.25) is 0 Å². The molecule has 0 heterocycles. The van der Waals surface area contributed by atoms with Gasteiger partial charge >= 0.3 is 29.8 Å². The second-order valence-corrected chi connectivity index (χ2v) is 4.97. The van der Waals surface area contributed by atoms with Gasteiger partial charge < -0.3 is 56.2 Å². The standard InChI is InChI=1S/C5H8O5.2C4H6O6/c1-2(6)3(7)4(8)5(9)10;2*5-1(3(7)8)2(6)4(9)10/h3-4,7-8H,1H3,(H,9,10);2*1-2,5-6H,(H,7,8)(H,9,10)/t3-,4-;2*1-,2-/m010/s1. The van der Waals surface area contributed by atoms with E-state index in [9.17, 15) is 28.8 Å². The Balaban J connectivity index is -0.000000364. The van der Waals surface area contributed by atoms with E-state index in [-0.39, 0.29) is 0 Å². The first-order chi connectivity index (χ1) is 13.4. The molecule has 0 bridgehead atoms. The molecule has 0 aliphatic rings. The molecule has 30 heavy (non-hydrogen) atoms. The van der Waals surface area contributed by atoms with Gasteiger partial charge in [-0.05, 0) is 6.92 Å². The molecule has 6 atom stereocenters. The molecule has 0 fully saturated rings. The summed E-state index contributed by atoms with van der Waals surface area (Å²) in [6, 6.07) is 0. The molecule has 17 heteroatoms. The van der Waals surface area contributed by atoms with Crippen molar-refractivity contribution in [1.29, 1.82) is 0 Å². The van der Waals surface area contributed by atoms with Crippen LogP contribution >= 0.6 is 0 Å². The Morgan fingerprint density at radius 3 is 0.600 bits per heavy atom. The Hall–Kier alpha value is -3.22. The van der Waals surface area contributed by atoms with Gasteiger partial charge in [0.15, 0.2) is 36.3 Å². The molecule has 0 saturated carbocycles. The lowest BCUT2D eigenvalue weighted by Crippen LogP contribution is -2.39. The molecular formula is C13H20O17. The predicted molar refractivity (Wildman–Crippen MR) is 84.9 cm³/mol. The molecule has 0 aliphatic carbocycles. The van der Waals surface area contributed by atoms with Crippen molar-refractivity contribution in [3.05, 3.63) is 0 Å². The third kappa shape index (κ3) is 13.0. The maximum Gasteiger partial charge on any atom is 0.335 e. The van der Waals surface area contributed by atoms with Crippen LogP contribution in [0.15, 0.2) is 0 Å². The molecule has 0 aromatic rings. The van der Waals surface area contributed by atoms with Crippen molar-refractivity contribution in [2.75, 3.05) is 0 Å². The number of carboxylic acid groups (broad SMARTS) is 5. The Morgan fingerprint density at radius 2 is 0.533 bits per heavy atom. The van der Waals surface area contributed by atoms with Gasteiger partial charge in [0.25, 0.3) is 0 Å². The fourth-order valence-corrected chi connectivity index (χ4v) is 0.898. The molecule has 17 nitrogen and oxygen atoms in total. The van der Waals surface area contributed by atoms with Crippen molar-refractivity contribution in [3.8, 4) is 0 Å². The van der Waals surface area contributed by atoms with E-state index < -0.39 is 72.3 Å². The van der Waals surface area contributed by atoms with Crippen LogP contribution in [0, 0.1) is 0 Å². The highest BCUT2D eigenvalue weighted by Gasteiger charge is 2.30. The molecule has 0 aliphatic heterocycles. The zero-order valence-corrected chi connectivity index (χ0v) is 14.8. The molecule has 0 amide bonds. The summed E-state index contributed by atoms with van der Waals surface area (Å²) < 4.78 is 0. The molecule has 0 saturated heterocycles. The third-order valence-corrected chi connectivity index (χ3v) is 2.58. The summed E-state index contributed by atoms with van der Waals surface area (Å²) in [6.45, 7) is 0.997. The van der Waals surface area contributed by atoms with Crippen molar-refractivity contribution in [2.45, 2.75) is 43.5 Å². The fraction of sp³-hybridized carbons (Fsp3) is 0.538. The van der Waals surface area contributed by atoms with Gasteiger partial charge in [-0.15, -0.1) is 0 Å². The van der Waals surface area contributed by atoms with Gasteiger partial charge in [-0.2, -0.15) is 0 Å². The highest BCUT2D eigenvalue weighted by atomic mass is 16.4. The zero-order valence-electron chi connectivity index (χ0n) is 14.8. The monoisotopic (exact) mass is 448 g/mol. The van der Waals surface area contributed by atoms with Gasteiger partial charge in [0.05, 0.1) is 0 Å². The summed E-state index contributed by atoms with van der Waals surface area (Å²) in [4.78, 5) is 59.2.